The molecule has 0 bridgehead atoms. The van der Waals surface area contributed by atoms with Crippen LogP contribution in [-0.4, -0.2) is 27.4 Å². The number of nitro groups is 1. The van der Waals surface area contributed by atoms with Crippen molar-refractivity contribution >= 4 is 29.2 Å². The maximum absolute atomic E-state index is 10.7. The SMILES string of the molecule is C=CCNC(=S)N/N=C/c1cccn1-c1ccc([N+](=O)[O-])cc1. The number of rotatable bonds is 6. The van der Waals surface area contributed by atoms with Crippen molar-refractivity contribution < 1.29 is 4.92 Å². The lowest BCUT2D eigenvalue weighted by Crippen LogP contribution is -2.31. The molecular formula is C15H15N5O2S. The Morgan fingerprint density at radius 1 is 1.39 bits per heavy atom. The van der Waals surface area contributed by atoms with Gasteiger partial charge in [0.1, 0.15) is 0 Å². The second-order valence-corrected chi connectivity index (χ2v) is 4.85. The maximum Gasteiger partial charge on any atom is 0.269 e. The van der Waals surface area contributed by atoms with Crippen molar-refractivity contribution in [2.45, 2.75) is 0 Å². The topological polar surface area (TPSA) is 84.5 Å². The van der Waals surface area contributed by atoms with E-state index < -0.39 is 4.92 Å². The van der Waals surface area contributed by atoms with E-state index >= 15 is 0 Å². The molecule has 8 heteroatoms. The van der Waals surface area contributed by atoms with E-state index in [9.17, 15) is 10.1 Å². The number of nitro benzene ring substituents is 1. The van der Waals surface area contributed by atoms with Gasteiger partial charge in [-0.1, -0.05) is 6.08 Å². The van der Waals surface area contributed by atoms with Gasteiger partial charge >= 0.3 is 0 Å². The van der Waals surface area contributed by atoms with Crippen LogP contribution in [0.15, 0.2) is 60.4 Å². The molecule has 1 aromatic heterocycles. The molecule has 2 aromatic rings. The minimum atomic E-state index is -0.428. The lowest BCUT2D eigenvalue weighted by atomic mass is 10.3. The van der Waals surface area contributed by atoms with Crippen molar-refractivity contribution in [1.29, 1.82) is 0 Å². The first-order valence-electron chi connectivity index (χ1n) is 6.72. The molecule has 0 fully saturated rings. The Hall–Kier alpha value is -3.00. The van der Waals surface area contributed by atoms with E-state index in [1.807, 2.05) is 22.9 Å². The van der Waals surface area contributed by atoms with Gasteiger partial charge in [0, 0.05) is 30.6 Å². The Morgan fingerprint density at radius 2 is 2.13 bits per heavy atom. The molecule has 0 aliphatic carbocycles. The highest BCUT2D eigenvalue weighted by Crippen LogP contribution is 2.16. The minimum Gasteiger partial charge on any atom is -0.358 e. The van der Waals surface area contributed by atoms with Crippen LogP contribution in [0.3, 0.4) is 0 Å². The normalized spacial score (nSPS) is 10.4. The summed E-state index contributed by atoms with van der Waals surface area (Å²) in [6, 6.07) is 10.0. The molecule has 23 heavy (non-hydrogen) atoms. The standard InChI is InChI=1S/C15H15N5O2S/c1-2-9-16-15(23)18-17-11-14-4-3-10-19(14)12-5-7-13(8-6-12)20(21)22/h2-8,10-11H,1,9H2,(H2,16,18,23)/b17-11+. The van der Waals surface area contributed by atoms with Crippen LogP contribution in [0.5, 0.6) is 0 Å². The summed E-state index contributed by atoms with van der Waals surface area (Å²) in [6.07, 6.45) is 5.15. The van der Waals surface area contributed by atoms with Crippen LogP contribution in [0.4, 0.5) is 5.69 Å². The molecule has 2 rings (SSSR count). The van der Waals surface area contributed by atoms with Crippen LogP contribution in [0, 0.1) is 10.1 Å². The first kappa shape index (κ1) is 16.4. The van der Waals surface area contributed by atoms with Crippen molar-refractivity contribution in [1.82, 2.24) is 15.3 Å². The summed E-state index contributed by atoms with van der Waals surface area (Å²) >= 11 is 5.02. The van der Waals surface area contributed by atoms with Gasteiger partial charge in [-0.25, -0.2) is 0 Å². The van der Waals surface area contributed by atoms with Gasteiger partial charge in [-0.05, 0) is 36.5 Å². The Bertz CT molecular complexity index is 737. The highest BCUT2D eigenvalue weighted by atomic mass is 32.1. The summed E-state index contributed by atoms with van der Waals surface area (Å²) in [5.74, 6) is 0. The first-order valence-corrected chi connectivity index (χ1v) is 7.12. The molecule has 2 N–H and O–H groups in total. The average Bonchev–Trinajstić information content (AvgIpc) is 3.01. The molecule has 1 heterocycles. The zero-order chi connectivity index (χ0) is 16.7. The Balaban J connectivity index is 2.08. The Labute approximate surface area is 138 Å². The summed E-state index contributed by atoms with van der Waals surface area (Å²) in [6.45, 7) is 4.14. The second-order valence-electron chi connectivity index (χ2n) is 4.45. The quantitative estimate of drug-likeness (QED) is 0.279. The van der Waals surface area contributed by atoms with Crippen molar-refractivity contribution in [3.05, 3.63) is 71.1 Å². The zero-order valence-corrected chi connectivity index (χ0v) is 13.0. The summed E-state index contributed by atoms with van der Waals surface area (Å²) in [4.78, 5) is 10.3. The van der Waals surface area contributed by atoms with E-state index in [4.69, 9.17) is 12.2 Å². The fourth-order valence-electron chi connectivity index (χ4n) is 1.83. The number of nitrogens with zero attached hydrogens (tertiary/aromatic N) is 3. The number of hydrazone groups is 1. The second kappa shape index (κ2) is 7.85. The molecule has 0 atom stereocenters. The van der Waals surface area contributed by atoms with Gasteiger partial charge in [0.15, 0.2) is 5.11 Å². The number of benzene rings is 1. The third kappa shape index (κ3) is 4.48. The predicted octanol–water partition coefficient (Wildman–Crippen LogP) is 2.37. The number of hydrogen-bond donors (Lipinski definition) is 2. The van der Waals surface area contributed by atoms with Crippen LogP contribution in [0.2, 0.25) is 0 Å². The summed E-state index contributed by atoms with van der Waals surface area (Å²) in [5.41, 5.74) is 4.35. The van der Waals surface area contributed by atoms with Crippen LogP contribution in [0.1, 0.15) is 5.69 Å². The van der Waals surface area contributed by atoms with Gasteiger partial charge in [-0.3, -0.25) is 15.5 Å². The van der Waals surface area contributed by atoms with E-state index in [2.05, 4.69) is 22.4 Å². The largest absolute Gasteiger partial charge is 0.358 e. The minimum absolute atomic E-state index is 0.0523. The Kier molecular flexibility index (Phi) is 5.59. The van der Waals surface area contributed by atoms with Gasteiger partial charge < -0.3 is 9.88 Å². The van der Waals surface area contributed by atoms with Crippen LogP contribution in [-0.2, 0) is 0 Å². The molecule has 118 valence electrons. The smallest absolute Gasteiger partial charge is 0.269 e. The van der Waals surface area contributed by atoms with Gasteiger partial charge in [-0.2, -0.15) is 5.10 Å². The Morgan fingerprint density at radius 3 is 2.78 bits per heavy atom. The molecule has 0 radical (unpaired) electrons. The lowest BCUT2D eigenvalue weighted by molar-refractivity contribution is -0.384. The summed E-state index contributed by atoms with van der Waals surface area (Å²) in [5, 5.41) is 18.0. The predicted molar refractivity (Wildman–Crippen MR) is 94.0 cm³/mol. The van der Waals surface area contributed by atoms with Crippen LogP contribution in [0.25, 0.3) is 5.69 Å². The van der Waals surface area contributed by atoms with Crippen molar-refractivity contribution in [2.24, 2.45) is 5.10 Å². The number of hydrogen-bond acceptors (Lipinski definition) is 4. The number of aromatic nitrogens is 1. The molecule has 0 saturated carbocycles. The van der Waals surface area contributed by atoms with Crippen molar-refractivity contribution in [3.8, 4) is 5.69 Å². The molecule has 0 unspecified atom stereocenters. The molecular weight excluding hydrogens is 314 g/mol. The zero-order valence-electron chi connectivity index (χ0n) is 12.2. The molecule has 1 aromatic carbocycles. The van der Waals surface area contributed by atoms with Gasteiger partial charge in [0.05, 0.1) is 16.8 Å². The van der Waals surface area contributed by atoms with E-state index in [1.54, 1.807) is 24.4 Å². The van der Waals surface area contributed by atoms with Crippen LogP contribution >= 0.6 is 12.2 Å². The van der Waals surface area contributed by atoms with Gasteiger partial charge in [-0.15, -0.1) is 6.58 Å². The molecule has 0 amide bonds. The number of nitrogens with one attached hydrogen (secondary N) is 2. The third-order valence-corrected chi connectivity index (χ3v) is 3.12. The van der Waals surface area contributed by atoms with Crippen molar-refractivity contribution in [2.75, 3.05) is 6.54 Å². The van der Waals surface area contributed by atoms with E-state index in [-0.39, 0.29) is 5.69 Å². The fourth-order valence-corrected chi connectivity index (χ4v) is 1.97. The molecule has 0 saturated heterocycles. The number of thiocarbonyl (C=S) groups is 1. The van der Waals surface area contributed by atoms with E-state index in [0.717, 1.165) is 11.4 Å². The highest BCUT2D eigenvalue weighted by Gasteiger charge is 2.06. The first-order chi connectivity index (χ1) is 11.1. The summed E-state index contributed by atoms with van der Waals surface area (Å²) < 4.78 is 1.86. The molecule has 7 nitrogen and oxygen atoms in total. The average molecular weight is 329 g/mol. The number of non-ortho nitro benzene ring substituents is 1. The molecule has 0 aliphatic rings. The van der Waals surface area contributed by atoms with Crippen LogP contribution < -0.4 is 10.7 Å². The van der Waals surface area contributed by atoms with Crippen molar-refractivity contribution in [3.63, 3.8) is 0 Å². The van der Waals surface area contributed by atoms with E-state index in [1.165, 1.54) is 12.1 Å². The fraction of sp³-hybridized carbons (Fsp3) is 0.0667. The van der Waals surface area contributed by atoms with E-state index in [0.29, 0.717) is 11.7 Å². The molecule has 0 aliphatic heterocycles. The highest BCUT2D eigenvalue weighted by molar-refractivity contribution is 7.80. The maximum atomic E-state index is 10.7. The summed E-state index contributed by atoms with van der Waals surface area (Å²) in [7, 11) is 0. The lowest BCUT2D eigenvalue weighted by Gasteiger charge is -2.06. The van der Waals surface area contributed by atoms with Gasteiger partial charge in [0.25, 0.3) is 5.69 Å². The third-order valence-electron chi connectivity index (χ3n) is 2.89. The monoisotopic (exact) mass is 329 g/mol. The van der Waals surface area contributed by atoms with Gasteiger partial charge in [0.2, 0.25) is 0 Å². The molecule has 0 spiro atoms.